The van der Waals surface area contributed by atoms with E-state index in [1.165, 1.54) is 11.1 Å². The lowest BCUT2D eigenvalue weighted by atomic mass is 10.00. The molecule has 1 atom stereocenters. The molecular formula is C20H27N3O3. The number of benzene rings is 1. The minimum Gasteiger partial charge on any atom is -0.378 e. The summed E-state index contributed by atoms with van der Waals surface area (Å²) in [5, 5.41) is 0. The predicted molar refractivity (Wildman–Crippen MR) is 97.6 cm³/mol. The number of carbonyl (C=O) groups is 2. The average molecular weight is 357 g/mol. The molecule has 0 N–H and O–H groups in total. The fourth-order valence-corrected chi connectivity index (χ4v) is 4.27. The van der Waals surface area contributed by atoms with Crippen LogP contribution in [0.4, 0.5) is 0 Å². The topological polar surface area (TPSA) is 53.1 Å². The SMILES string of the molecule is O=C(CN1CCCC1C(=O)N1CCOCC1)N1CCc2ccccc2C1. The van der Waals surface area contributed by atoms with Gasteiger partial charge in [0.2, 0.25) is 11.8 Å². The Morgan fingerprint density at radius 3 is 2.58 bits per heavy atom. The van der Waals surface area contributed by atoms with Gasteiger partial charge in [0.25, 0.3) is 0 Å². The highest BCUT2D eigenvalue weighted by Gasteiger charge is 2.36. The van der Waals surface area contributed by atoms with Crippen LogP contribution in [0.5, 0.6) is 0 Å². The molecule has 2 fully saturated rings. The molecule has 3 aliphatic rings. The van der Waals surface area contributed by atoms with Gasteiger partial charge in [-0.1, -0.05) is 24.3 Å². The van der Waals surface area contributed by atoms with Crippen molar-refractivity contribution in [1.29, 1.82) is 0 Å². The maximum atomic E-state index is 12.8. The summed E-state index contributed by atoms with van der Waals surface area (Å²) in [5.74, 6) is 0.309. The largest absolute Gasteiger partial charge is 0.378 e. The Hall–Kier alpha value is -1.92. The maximum Gasteiger partial charge on any atom is 0.240 e. The monoisotopic (exact) mass is 357 g/mol. The third kappa shape index (κ3) is 3.62. The highest BCUT2D eigenvalue weighted by molar-refractivity contribution is 5.84. The fourth-order valence-electron chi connectivity index (χ4n) is 4.27. The summed E-state index contributed by atoms with van der Waals surface area (Å²) < 4.78 is 5.34. The molecule has 140 valence electrons. The summed E-state index contributed by atoms with van der Waals surface area (Å²) in [6.45, 7) is 5.20. The predicted octanol–water partition coefficient (Wildman–Crippen LogP) is 0.895. The van der Waals surface area contributed by atoms with Gasteiger partial charge in [0.15, 0.2) is 0 Å². The molecule has 2 saturated heterocycles. The number of amides is 2. The molecule has 6 heteroatoms. The van der Waals surface area contributed by atoms with Crippen molar-refractivity contribution in [2.45, 2.75) is 31.8 Å². The molecule has 0 bridgehead atoms. The molecule has 0 aromatic heterocycles. The Bertz CT molecular complexity index is 672. The van der Waals surface area contributed by atoms with Crippen LogP contribution in [0.2, 0.25) is 0 Å². The van der Waals surface area contributed by atoms with Gasteiger partial charge < -0.3 is 14.5 Å². The lowest BCUT2D eigenvalue weighted by Crippen LogP contribution is -2.52. The molecule has 4 rings (SSSR count). The van der Waals surface area contributed by atoms with Gasteiger partial charge in [0, 0.05) is 26.2 Å². The van der Waals surface area contributed by atoms with Crippen molar-refractivity contribution in [2.75, 3.05) is 45.9 Å². The highest BCUT2D eigenvalue weighted by Crippen LogP contribution is 2.22. The zero-order chi connectivity index (χ0) is 17.9. The van der Waals surface area contributed by atoms with Crippen molar-refractivity contribution in [3.05, 3.63) is 35.4 Å². The van der Waals surface area contributed by atoms with Gasteiger partial charge in [-0.05, 0) is 36.9 Å². The van der Waals surface area contributed by atoms with Gasteiger partial charge in [-0.3, -0.25) is 14.5 Å². The van der Waals surface area contributed by atoms with Gasteiger partial charge in [-0.25, -0.2) is 0 Å². The summed E-state index contributed by atoms with van der Waals surface area (Å²) in [4.78, 5) is 31.6. The molecule has 1 aromatic rings. The van der Waals surface area contributed by atoms with E-state index >= 15 is 0 Å². The summed E-state index contributed by atoms with van der Waals surface area (Å²) in [6, 6.07) is 8.20. The molecular weight excluding hydrogens is 330 g/mol. The van der Waals surface area contributed by atoms with E-state index in [-0.39, 0.29) is 17.9 Å². The number of carbonyl (C=O) groups excluding carboxylic acids is 2. The number of likely N-dealkylation sites (tertiary alicyclic amines) is 1. The van der Waals surface area contributed by atoms with Gasteiger partial charge in [-0.2, -0.15) is 0 Å². The number of hydrogen-bond donors (Lipinski definition) is 0. The van der Waals surface area contributed by atoms with Crippen molar-refractivity contribution >= 4 is 11.8 Å². The van der Waals surface area contributed by atoms with Gasteiger partial charge in [0.05, 0.1) is 25.8 Å². The van der Waals surface area contributed by atoms with E-state index in [1.54, 1.807) is 0 Å². The molecule has 1 aromatic carbocycles. The normalized spacial score (nSPS) is 23.8. The van der Waals surface area contributed by atoms with Gasteiger partial charge >= 0.3 is 0 Å². The summed E-state index contributed by atoms with van der Waals surface area (Å²) in [5.41, 5.74) is 2.59. The van der Waals surface area contributed by atoms with E-state index in [9.17, 15) is 9.59 Å². The summed E-state index contributed by atoms with van der Waals surface area (Å²) >= 11 is 0. The second-order valence-electron chi connectivity index (χ2n) is 7.40. The summed E-state index contributed by atoms with van der Waals surface area (Å²) in [6.07, 6.45) is 2.75. The van der Waals surface area contributed by atoms with Crippen molar-refractivity contribution in [1.82, 2.24) is 14.7 Å². The third-order valence-electron chi connectivity index (χ3n) is 5.79. The van der Waals surface area contributed by atoms with Crippen molar-refractivity contribution in [3.63, 3.8) is 0 Å². The van der Waals surface area contributed by atoms with Crippen LogP contribution in [0, 0.1) is 0 Å². The number of rotatable bonds is 3. The molecule has 0 radical (unpaired) electrons. The first-order valence-corrected chi connectivity index (χ1v) is 9.67. The maximum absolute atomic E-state index is 12.8. The van der Waals surface area contributed by atoms with Crippen LogP contribution in [-0.2, 0) is 27.3 Å². The molecule has 0 aliphatic carbocycles. The van der Waals surface area contributed by atoms with Crippen molar-refractivity contribution in [3.8, 4) is 0 Å². The smallest absolute Gasteiger partial charge is 0.240 e. The zero-order valence-corrected chi connectivity index (χ0v) is 15.2. The Balaban J connectivity index is 1.37. The highest BCUT2D eigenvalue weighted by atomic mass is 16.5. The van der Waals surface area contributed by atoms with Gasteiger partial charge in [0.1, 0.15) is 0 Å². The number of ether oxygens (including phenoxy) is 1. The van der Waals surface area contributed by atoms with Crippen LogP contribution in [-0.4, -0.2) is 78.5 Å². The molecule has 3 heterocycles. The van der Waals surface area contributed by atoms with E-state index in [2.05, 4.69) is 23.1 Å². The quantitative estimate of drug-likeness (QED) is 0.806. The Morgan fingerprint density at radius 2 is 1.77 bits per heavy atom. The van der Waals surface area contributed by atoms with Crippen LogP contribution in [0.25, 0.3) is 0 Å². The zero-order valence-electron chi connectivity index (χ0n) is 15.2. The molecule has 6 nitrogen and oxygen atoms in total. The van der Waals surface area contributed by atoms with E-state index < -0.39 is 0 Å². The van der Waals surface area contributed by atoms with Crippen LogP contribution >= 0.6 is 0 Å². The first kappa shape index (κ1) is 17.5. The first-order valence-electron chi connectivity index (χ1n) is 9.67. The molecule has 0 saturated carbocycles. The summed E-state index contributed by atoms with van der Waals surface area (Å²) in [7, 11) is 0. The second kappa shape index (κ2) is 7.76. The lowest BCUT2D eigenvalue weighted by molar-refractivity contribution is -0.141. The Kier molecular flexibility index (Phi) is 5.22. The molecule has 3 aliphatic heterocycles. The molecule has 26 heavy (non-hydrogen) atoms. The minimum atomic E-state index is -0.144. The Morgan fingerprint density at radius 1 is 1.00 bits per heavy atom. The van der Waals surface area contributed by atoms with E-state index in [0.717, 1.165) is 32.4 Å². The van der Waals surface area contributed by atoms with Crippen LogP contribution in [0.1, 0.15) is 24.0 Å². The average Bonchev–Trinajstić information content (AvgIpc) is 3.15. The lowest BCUT2D eigenvalue weighted by Gasteiger charge is -2.34. The standard InChI is InChI=1S/C20H27N3O3/c24-19(23-9-7-16-4-1-2-5-17(16)14-23)15-22-8-3-6-18(22)20(25)21-10-12-26-13-11-21/h1-2,4-5,18H,3,6-15H2. The van der Waals surface area contributed by atoms with Crippen LogP contribution in [0.3, 0.4) is 0 Å². The number of nitrogens with zero attached hydrogens (tertiary/aromatic N) is 3. The van der Waals surface area contributed by atoms with Crippen LogP contribution < -0.4 is 0 Å². The van der Waals surface area contributed by atoms with E-state index in [1.807, 2.05) is 15.9 Å². The molecule has 2 amide bonds. The van der Waals surface area contributed by atoms with Crippen LogP contribution in [0.15, 0.2) is 24.3 Å². The molecule has 0 spiro atoms. The van der Waals surface area contributed by atoms with E-state index in [4.69, 9.17) is 4.74 Å². The van der Waals surface area contributed by atoms with E-state index in [0.29, 0.717) is 39.4 Å². The number of fused-ring (bicyclic) bond motifs is 1. The Labute approximate surface area is 154 Å². The minimum absolute atomic E-state index is 0.140. The fraction of sp³-hybridized carbons (Fsp3) is 0.600. The first-order chi connectivity index (χ1) is 12.7. The second-order valence-corrected chi connectivity index (χ2v) is 7.40. The van der Waals surface area contributed by atoms with Crippen molar-refractivity contribution < 1.29 is 14.3 Å². The number of hydrogen-bond acceptors (Lipinski definition) is 4. The van der Waals surface area contributed by atoms with Gasteiger partial charge in [-0.15, -0.1) is 0 Å². The molecule has 1 unspecified atom stereocenters. The van der Waals surface area contributed by atoms with Crippen molar-refractivity contribution in [2.24, 2.45) is 0 Å². The number of morpholine rings is 1. The third-order valence-corrected chi connectivity index (χ3v) is 5.79.